The summed E-state index contributed by atoms with van der Waals surface area (Å²) in [7, 11) is 1.38. The molecule has 0 aliphatic carbocycles. The second kappa shape index (κ2) is 8.52. The number of pyridine rings is 1. The first-order valence-corrected chi connectivity index (χ1v) is 9.61. The van der Waals surface area contributed by atoms with Crippen LogP contribution in [-0.4, -0.2) is 55.0 Å². The van der Waals surface area contributed by atoms with Crippen LogP contribution in [-0.2, 0) is 14.3 Å². The van der Waals surface area contributed by atoms with Gasteiger partial charge >= 0.3 is 5.97 Å². The van der Waals surface area contributed by atoms with Gasteiger partial charge < -0.3 is 14.5 Å². The maximum atomic E-state index is 12.3. The lowest BCUT2D eigenvalue weighted by molar-refractivity contribution is -0.141. The van der Waals surface area contributed by atoms with E-state index in [0.717, 1.165) is 39.0 Å². The van der Waals surface area contributed by atoms with E-state index < -0.39 is 0 Å². The summed E-state index contributed by atoms with van der Waals surface area (Å²) >= 11 is 0. The highest BCUT2D eigenvalue weighted by Gasteiger charge is 2.38. The summed E-state index contributed by atoms with van der Waals surface area (Å²) in [5, 5.41) is 0. The number of carbonyl (C=O) groups excluding carboxylic acids is 2. The van der Waals surface area contributed by atoms with E-state index in [-0.39, 0.29) is 11.9 Å². The average Bonchev–Trinajstić information content (AvgIpc) is 2.69. The lowest BCUT2D eigenvalue weighted by Gasteiger charge is -2.47. The lowest BCUT2D eigenvalue weighted by Crippen LogP contribution is -2.48. The highest BCUT2D eigenvalue weighted by molar-refractivity contribution is 5.77. The van der Waals surface area contributed by atoms with Crippen molar-refractivity contribution in [2.45, 2.75) is 44.9 Å². The van der Waals surface area contributed by atoms with Gasteiger partial charge in [-0.15, -0.1) is 0 Å². The number of rotatable bonds is 5. The molecule has 1 aromatic heterocycles. The van der Waals surface area contributed by atoms with Gasteiger partial charge in [-0.25, -0.2) is 0 Å². The number of carbonyl (C=O) groups is 2. The zero-order chi connectivity index (χ0) is 18.4. The quantitative estimate of drug-likeness (QED) is 0.756. The van der Waals surface area contributed by atoms with Crippen LogP contribution in [0.1, 0.15) is 44.9 Å². The Morgan fingerprint density at radius 2 is 1.65 bits per heavy atom. The Morgan fingerprint density at radius 1 is 1.04 bits per heavy atom. The molecule has 1 amide bonds. The summed E-state index contributed by atoms with van der Waals surface area (Å²) < 4.78 is 4.62. The molecule has 2 aliphatic heterocycles. The number of esters is 1. The van der Waals surface area contributed by atoms with Crippen molar-refractivity contribution in [1.82, 2.24) is 9.88 Å². The van der Waals surface area contributed by atoms with Gasteiger partial charge in [0.2, 0.25) is 5.91 Å². The number of hydrogen-bond donors (Lipinski definition) is 0. The van der Waals surface area contributed by atoms with E-state index in [4.69, 9.17) is 0 Å². The first kappa shape index (κ1) is 18.7. The zero-order valence-corrected chi connectivity index (χ0v) is 15.7. The Hall–Kier alpha value is -2.11. The highest BCUT2D eigenvalue weighted by Crippen LogP contribution is 2.42. The molecule has 3 rings (SSSR count). The van der Waals surface area contributed by atoms with Crippen molar-refractivity contribution >= 4 is 17.6 Å². The molecule has 0 N–H and O–H groups in total. The minimum absolute atomic E-state index is 0.179. The molecule has 2 fully saturated rings. The molecule has 2 saturated heterocycles. The van der Waals surface area contributed by atoms with Crippen LogP contribution < -0.4 is 4.90 Å². The van der Waals surface area contributed by atoms with Crippen LogP contribution in [0.5, 0.6) is 0 Å². The third-order valence-corrected chi connectivity index (χ3v) is 6.03. The lowest BCUT2D eigenvalue weighted by atomic mass is 9.71. The highest BCUT2D eigenvalue weighted by atomic mass is 16.5. The third kappa shape index (κ3) is 4.54. The Bertz CT molecular complexity index is 602. The molecule has 0 aromatic carbocycles. The maximum absolute atomic E-state index is 12.3. The van der Waals surface area contributed by atoms with Crippen LogP contribution in [0.2, 0.25) is 0 Å². The van der Waals surface area contributed by atoms with E-state index in [9.17, 15) is 9.59 Å². The predicted octanol–water partition coefficient (Wildman–Crippen LogP) is 2.63. The summed E-state index contributed by atoms with van der Waals surface area (Å²) in [5.41, 5.74) is 1.65. The van der Waals surface area contributed by atoms with Gasteiger partial charge in [0, 0.05) is 57.1 Å². The van der Waals surface area contributed by atoms with E-state index in [2.05, 4.69) is 26.8 Å². The van der Waals surface area contributed by atoms with E-state index in [1.54, 1.807) is 0 Å². The Kier molecular flexibility index (Phi) is 6.12. The third-order valence-electron chi connectivity index (χ3n) is 6.03. The molecule has 1 spiro atoms. The van der Waals surface area contributed by atoms with Gasteiger partial charge in [0.25, 0.3) is 0 Å². The van der Waals surface area contributed by atoms with Gasteiger partial charge in [0.15, 0.2) is 0 Å². The monoisotopic (exact) mass is 359 g/mol. The van der Waals surface area contributed by atoms with Crippen molar-refractivity contribution in [2.24, 2.45) is 5.41 Å². The fourth-order valence-corrected chi connectivity index (χ4v) is 4.17. The van der Waals surface area contributed by atoms with Crippen LogP contribution in [0.3, 0.4) is 0 Å². The van der Waals surface area contributed by atoms with Crippen LogP contribution in [0.15, 0.2) is 24.5 Å². The number of methoxy groups -OCH3 is 1. The Balaban J connectivity index is 1.42. The summed E-state index contributed by atoms with van der Waals surface area (Å²) in [6, 6.07) is 4.15. The number of hydrogen-bond acceptors (Lipinski definition) is 5. The van der Waals surface area contributed by atoms with E-state index >= 15 is 0 Å². The topological polar surface area (TPSA) is 62.7 Å². The van der Waals surface area contributed by atoms with Gasteiger partial charge in [-0.1, -0.05) is 0 Å². The number of anilines is 1. The summed E-state index contributed by atoms with van der Waals surface area (Å²) in [6.07, 6.45) is 9.63. The van der Waals surface area contributed by atoms with Crippen LogP contribution >= 0.6 is 0 Å². The van der Waals surface area contributed by atoms with Crippen molar-refractivity contribution in [3.05, 3.63) is 24.5 Å². The molecule has 0 radical (unpaired) electrons. The Labute approximate surface area is 155 Å². The van der Waals surface area contributed by atoms with Crippen LogP contribution in [0.25, 0.3) is 0 Å². The maximum Gasteiger partial charge on any atom is 0.305 e. The van der Waals surface area contributed by atoms with Gasteiger partial charge in [-0.05, 0) is 49.7 Å². The van der Waals surface area contributed by atoms with Crippen molar-refractivity contribution in [3.63, 3.8) is 0 Å². The second-order valence-corrected chi connectivity index (χ2v) is 7.50. The molecule has 0 atom stereocenters. The summed E-state index contributed by atoms with van der Waals surface area (Å²) in [4.78, 5) is 32.0. The molecule has 3 heterocycles. The molecule has 0 saturated carbocycles. The van der Waals surface area contributed by atoms with E-state index in [1.807, 2.05) is 17.3 Å². The van der Waals surface area contributed by atoms with Crippen LogP contribution in [0, 0.1) is 5.41 Å². The number of piperidine rings is 2. The minimum Gasteiger partial charge on any atom is -0.469 e. The summed E-state index contributed by atoms with van der Waals surface area (Å²) in [6.45, 7) is 3.87. The second-order valence-electron chi connectivity index (χ2n) is 7.50. The number of likely N-dealkylation sites (tertiary alicyclic amines) is 1. The number of aromatic nitrogens is 1. The van der Waals surface area contributed by atoms with Crippen molar-refractivity contribution in [1.29, 1.82) is 0 Å². The predicted molar refractivity (Wildman–Crippen MR) is 99.8 cm³/mol. The molecule has 6 nitrogen and oxygen atoms in total. The molecular formula is C20H29N3O3. The summed E-state index contributed by atoms with van der Waals surface area (Å²) in [5.74, 6) is -0.0608. The van der Waals surface area contributed by atoms with E-state index in [0.29, 0.717) is 24.7 Å². The first-order chi connectivity index (χ1) is 12.6. The average molecular weight is 359 g/mol. The van der Waals surface area contributed by atoms with Gasteiger partial charge in [-0.2, -0.15) is 0 Å². The zero-order valence-electron chi connectivity index (χ0n) is 15.7. The van der Waals surface area contributed by atoms with Crippen molar-refractivity contribution in [3.8, 4) is 0 Å². The molecule has 0 bridgehead atoms. The van der Waals surface area contributed by atoms with Gasteiger partial charge in [-0.3, -0.25) is 14.6 Å². The normalized spacial score (nSPS) is 19.4. The molecule has 26 heavy (non-hydrogen) atoms. The van der Waals surface area contributed by atoms with Gasteiger partial charge in [0.05, 0.1) is 7.11 Å². The fourth-order valence-electron chi connectivity index (χ4n) is 4.17. The molecular weight excluding hydrogens is 330 g/mol. The smallest absolute Gasteiger partial charge is 0.305 e. The molecule has 6 heteroatoms. The van der Waals surface area contributed by atoms with Crippen molar-refractivity contribution < 1.29 is 14.3 Å². The molecule has 2 aliphatic rings. The SMILES string of the molecule is COC(=O)CCCC(=O)N1CCC2(CC1)CCN(c1ccncc1)CC2. The Morgan fingerprint density at radius 3 is 2.27 bits per heavy atom. The van der Waals surface area contributed by atoms with Gasteiger partial charge in [0.1, 0.15) is 0 Å². The minimum atomic E-state index is -0.239. The molecule has 1 aromatic rings. The first-order valence-electron chi connectivity index (χ1n) is 9.61. The molecule has 142 valence electrons. The van der Waals surface area contributed by atoms with Crippen LogP contribution in [0.4, 0.5) is 5.69 Å². The van der Waals surface area contributed by atoms with E-state index in [1.165, 1.54) is 25.6 Å². The number of amides is 1. The number of ether oxygens (including phenoxy) is 1. The molecule has 0 unspecified atom stereocenters. The number of nitrogens with zero attached hydrogens (tertiary/aromatic N) is 3. The standard InChI is InChI=1S/C20H29N3O3/c1-26-19(25)4-2-3-18(24)23-15-9-20(10-16-23)7-13-22(14-8-20)17-5-11-21-12-6-17/h5-6,11-12H,2-4,7-10,13-16H2,1H3. The van der Waals surface area contributed by atoms with Crippen molar-refractivity contribution in [2.75, 3.05) is 38.2 Å². The largest absolute Gasteiger partial charge is 0.469 e. The fraction of sp³-hybridized carbons (Fsp3) is 0.650.